The van der Waals surface area contributed by atoms with Crippen LogP contribution in [0.5, 0.6) is 5.75 Å². The van der Waals surface area contributed by atoms with E-state index in [0.717, 1.165) is 22.3 Å². The smallest absolute Gasteiger partial charge is 0.407 e. The highest BCUT2D eigenvalue weighted by Crippen LogP contribution is 2.44. The monoisotopic (exact) mass is 604 g/mol. The predicted octanol–water partition coefficient (Wildman–Crippen LogP) is 6.07. The normalized spacial score (nSPS) is 14.3. The Labute approximate surface area is 260 Å². The number of nitrogens with zero attached hydrogens (tertiary/aromatic N) is 1. The molecule has 4 aromatic carbocycles. The second-order valence-electron chi connectivity index (χ2n) is 11.9. The first-order valence-corrected chi connectivity index (χ1v) is 14.7. The van der Waals surface area contributed by atoms with Crippen LogP contribution in [0.2, 0.25) is 0 Å². The van der Waals surface area contributed by atoms with E-state index in [1.165, 1.54) is 12.1 Å². The van der Waals surface area contributed by atoms with Crippen LogP contribution in [0.4, 0.5) is 4.79 Å². The third kappa shape index (κ3) is 6.15. The van der Waals surface area contributed by atoms with Gasteiger partial charge in [0.15, 0.2) is 0 Å². The van der Waals surface area contributed by atoms with Crippen molar-refractivity contribution < 1.29 is 33.5 Å². The van der Waals surface area contributed by atoms with Crippen LogP contribution in [-0.4, -0.2) is 47.2 Å². The molecule has 0 radical (unpaired) electrons. The summed E-state index contributed by atoms with van der Waals surface area (Å²) in [6.45, 7) is 5.85. The van der Waals surface area contributed by atoms with E-state index in [-0.39, 0.29) is 30.1 Å². The molecule has 9 heteroatoms. The molecule has 45 heavy (non-hydrogen) atoms. The number of carbonyl (C=O) groups excluding carboxylic acids is 4. The number of fused-ring (bicyclic) bond motifs is 4. The molecule has 1 heterocycles. The molecule has 0 unspecified atom stereocenters. The minimum Gasteiger partial charge on any atom is -0.488 e. The Kier molecular flexibility index (Phi) is 7.85. The van der Waals surface area contributed by atoms with E-state index >= 15 is 0 Å². The minimum absolute atomic E-state index is 0.00198. The highest BCUT2D eigenvalue weighted by Gasteiger charge is 2.40. The zero-order valence-corrected chi connectivity index (χ0v) is 25.1. The summed E-state index contributed by atoms with van der Waals surface area (Å²) < 4.78 is 11.6. The molecule has 0 saturated heterocycles. The van der Waals surface area contributed by atoms with E-state index in [1.54, 1.807) is 36.4 Å². The number of hydrogen-bond donors (Lipinski definition) is 1. The van der Waals surface area contributed by atoms with Crippen LogP contribution in [0.15, 0.2) is 97.1 Å². The van der Waals surface area contributed by atoms with Gasteiger partial charge in [-0.2, -0.15) is 0 Å². The summed E-state index contributed by atoms with van der Waals surface area (Å²) in [5, 5.41) is 3.03. The van der Waals surface area contributed by atoms with Crippen LogP contribution in [0.3, 0.4) is 0 Å². The van der Waals surface area contributed by atoms with Gasteiger partial charge in [-0.3, -0.25) is 9.59 Å². The maximum atomic E-state index is 13.5. The predicted molar refractivity (Wildman–Crippen MR) is 166 cm³/mol. The molecule has 0 saturated carbocycles. The van der Waals surface area contributed by atoms with Gasteiger partial charge in [-0.05, 0) is 72.9 Å². The van der Waals surface area contributed by atoms with Crippen molar-refractivity contribution >= 4 is 23.9 Å². The summed E-state index contributed by atoms with van der Waals surface area (Å²) in [4.78, 5) is 57.7. The molecule has 0 aromatic heterocycles. The zero-order valence-electron chi connectivity index (χ0n) is 25.1. The second-order valence-corrected chi connectivity index (χ2v) is 11.9. The van der Waals surface area contributed by atoms with Crippen molar-refractivity contribution in [2.24, 2.45) is 0 Å². The van der Waals surface area contributed by atoms with Crippen molar-refractivity contribution in [1.82, 2.24) is 10.4 Å². The Balaban J connectivity index is 1.18. The van der Waals surface area contributed by atoms with E-state index in [0.29, 0.717) is 16.4 Å². The fraction of sp³-hybridized carbons (Fsp3) is 0.222. The zero-order chi connectivity index (χ0) is 31.7. The van der Waals surface area contributed by atoms with Gasteiger partial charge in [-0.1, -0.05) is 77.9 Å². The molecule has 228 valence electrons. The average Bonchev–Trinajstić information content (AvgIpc) is 3.47. The van der Waals surface area contributed by atoms with Gasteiger partial charge in [-0.15, -0.1) is 0 Å². The largest absolute Gasteiger partial charge is 0.488 e. The number of alkyl carbamates (subject to hydrolysis) is 1. The molecular weight excluding hydrogens is 572 g/mol. The Morgan fingerprint density at radius 2 is 1.27 bits per heavy atom. The lowest BCUT2D eigenvalue weighted by Gasteiger charge is -2.22. The number of ether oxygens (including phenoxy) is 2. The number of benzene rings is 4. The maximum Gasteiger partial charge on any atom is 0.407 e. The summed E-state index contributed by atoms with van der Waals surface area (Å²) in [5.74, 6) is -2.05. The highest BCUT2D eigenvalue weighted by atomic mass is 16.7. The number of hydroxylamine groups is 2. The van der Waals surface area contributed by atoms with Gasteiger partial charge in [0.1, 0.15) is 24.0 Å². The standard InChI is InChI=1S/C36H32N2O7/c1-36(2,3)44-23-18-16-22(17-19-23)20-31(34(41)45-38-32(39)28-14-8-9-15-29(28)33(38)40)37-35(42)43-21-30-26-12-6-4-10-24(26)25-11-5-7-13-27(25)30/h4-19,30-31H,20-21H2,1-3H3,(H,37,42)/t31-/m0/s1. The number of rotatable bonds is 8. The Bertz CT molecular complexity index is 1710. The first-order chi connectivity index (χ1) is 21.6. The number of hydrogen-bond acceptors (Lipinski definition) is 7. The molecule has 2 aliphatic rings. The van der Waals surface area contributed by atoms with Gasteiger partial charge in [0, 0.05) is 12.3 Å². The molecular formula is C36H32N2O7. The van der Waals surface area contributed by atoms with E-state index in [2.05, 4.69) is 5.32 Å². The Hall–Kier alpha value is -5.44. The van der Waals surface area contributed by atoms with Crippen molar-refractivity contribution in [3.05, 3.63) is 125 Å². The van der Waals surface area contributed by atoms with Crippen molar-refractivity contribution in [3.63, 3.8) is 0 Å². The van der Waals surface area contributed by atoms with Gasteiger partial charge < -0.3 is 19.6 Å². The van der Waals surface area contributed by atoms with Crippen molar-refractivity contribution in [2.45, 2.75) is 44.8 Å². The van der Waals surface area contributed by atoms with E-state index in [4.69, 9.17) is 14.3 Å². The molecule has 3 amide bonds. The van der Waals surface area contributed by atoms with Crippen molar-refractivity contribution in [3.8, 4) is 16.9 Å². The lowest BCUT2D eigenvalue weighted by Crippen LogP contribution is -2.47. The molecule has 6 rings (SSSR count). The van der Waals surface area contributed by atoms with Crippen LogP contribution in [0.1, 0.15) is 64.1 Å². The van der Waals surface area contributed by atoms with Gasteiger partial charge in [-0.25, -0.2) is 9.59 Å². The molecule has 1 N–H and O–H groups in total. The van der Waals surface area contributed by atoms with Gasteiger partial charge in [0.25, 0.3) is 11.8 Å². The number of amides is 3. The molecule has 1 aliphatic carbocycles. The lowest BCUT2D eigenvalue weighted by molar-refractivity contribution is -0.171. The summed E-state index contributed by atoms with van der Waals surface area (Å²) >= 11 is 0. The van der Waals surface area contributed by atoms with E-state index in [9.17, 15) is 19.2 Å². The van der Waals surface area contributed by atoms with Crippen LogP contribution in [0, 0.1) is 0 Å². The average molecular weight is 605 g/mol. The first kappa shape index (κ1) is 29.6. The molecule has 9 nitrogen and oxygen atoms in total. The Morgan fingerprint density at radius 1 is 0.756 bits per heavy atom. The Morgan fingerprint density at radius 3 is 1.80 bits per heavy atom. The highest BCUT2D eigenvalue weighted by molar-refractivity contribution is 6.21. The molecule has 0 bridgehead atoms. The fourth-order valence-electron chi connectivity index (χ4n) is 5.66. The molecule has 1 atom stereocenters. The third-order valence-corrected chi connectivity index (χ3v) is 7.65. The van der Waals surface area contributed by atoms with Crippen molar-refractivity contribution in [2.75, 3.05) is 6.61 Å². The molecule has 0 spiro atoms. The third-order valence-electron chi connectivity index (χ3n) is 7.65. The van der Waals surface area contributed by atoms with Gasteiger partial charge in [0.05, 0.1) is 11.1 Å². The van der Waals surface area contributed by atoms with Gasteiger partial charge in [0.2, 0.25) is 0 Å². The quantitative estimate of drug-likeness (QED) is 0.243. The fourth-order valence-corrected chi connectivity index (χ4v) is 5.66. The number of nitrogens with one attached hydrogen (secondary N) is 1. The summed E-state index contributed by atoms with van der Waals surface area (Å²) in [7, 11) is 0. The van der Waals surface area contributed by atoms with Crippen LogP contribution >= 0.6 is 0 Å². The van der Waals surface area contributed by atoms with Crippen LogP contribution in [-0.2, 0) is 20.8 Å². The maximum absolute atomic E-state index is 13.5. The van der Waals surface area contributed by atoms with Crippen LogP contribution in [0.25, 0.3) is 11.1 Å². The van der Waals surface area contributed by atoms with E-state index < -0.39 is 35.5 Å². The summed E-state index contributed by atoms with van der Waals surface area (Å²) in [6.07, 6.45) is -0.837. The first-order valence-electron chi connectivity index (χ1n) is 14.7. The molecule has 4 aromatic rings. The van der Waals surface area contributed by atoms with E-state index in [1.807, 2.05) is 69.3 Å². The number of imide groups is 1. The van der Waals surface area contributed by atoms with Crippen molar-refractivity contribution in [1.29, 1.82) is 0 Å². The second kappa shape index (κ2) is 11.9. The van der Waals surface area contributed by atoms with Gasteiger partial charge >= 0.3 is 12.1 Å². The van der Waals surface area contributed by atoms with Crippen LogP contribution < -0.4 is 10.1 Å². The number of carbonyl (C=O) groups is 4. The lowest BCUT2D eigenvalue weighted by atomic mass is 9.98. The molecule has 1 aliphatic heterocycles. The topological polar surface area (TPSA) is 111 Å². The minimum atomic E-state index is -1.28. The summed E-state index contributed by atoms with van der Waals surface area (Å²) in [5.41, 5.74) is 4.81. The summed E-state index contributed by atoms with van der Waals surface area (Å²) in [6, 6.07) is 27.9. The SMILES string of the molecule is CC(C)(C)Oc1ccc(C[C@H](NC(=O)OCC2c3ccccc3-c3ccccc32)C(=O)ON2C(=O)c3ccccc3C2=O)cc1. The molecule has 0 fully saturated rings.